The van der Waals surface area contributed by atoms with Crippen molar-refractivity contribution in [2.75, 3.05) is 5.32 Å². The summed E-state index contributed by atoms with van der Waals surface area (Å²) in [5, 5.41) is 10.3. The molecule has 0 radical (unpaired) electrons. The second-order valence-corrected chi connectivity index (χ2v) is 6.69. The minimum atomic E-state index is -0.425. The summed E-state index contributed by atoms with van der Waals surface area (Å²) in [7, 11) is 0. The van der Waals surface area contributed by atoms with Gasteiger partial charge in [-0.2, -0.15) is 4.98 Å². The number of nitrogens with zero attached hydrogens (tertiary/aromatic N) is 2. The molecule has 2 aliphatic rings. The van der Waals surface area contributed by atoms with Crippen molar-refractivity contribution >= 4 is 11.6 Å². The van der Waals surface area contributed by atoms with Crippen LogP contribution in [0.3, 0.4) is 0 Å². The third-order valence-electron chi connectivity index (χ3n) is 4.67. The summed E-state index contributed by atoms with van der Waals surface area (Å²) in [6, 6.07) is 5.93. The number of hydrogen-bond acceptors (Lipinski definition) is 6. The van der Waals surface area contributed by atoms with Crippen LogP contribution in [0.5, 0.6) is 5.75 Å². The summed E-state index contributed by atoms with van der Waals surface area (Å²) in [4.78, 5) is 16.3. The molecule has 132 valence electrons. The summed E-state index contributed by atoms with van der Waals surface area (Å²) in [5.41, 5.74) is 1.80. The van der Waals surface area contributed by atoms with E-state index in [1.54, 1.807) is 0 Å². The highest BCUT2D eigenvalue weighted by Gasteiger charge is 2.29. The summed E-state index contributed by atoms with van der Waals surface area (Å²) >= 11 is 0. The number of aromatic nitrogens is 2. The van der Waals surface area contributed by atoms with Crippen LogP contribution in [0.25, 0.3) is 0 Å². The molecule has 7 nitrogen and oxygen atoms in total. The maximum atomic E-state index is 11.8. The first-order chi connectivity index (χ1) is 12.1. The molecule has 0 saturated heterocycles. The smallest absolute Gasteiger partial charge is 0.265 e. The SMILES string of the molecule is CC[C@@H]1Oc2cc([C@H](C)NCc3noc(C4CC4)n3)ccc2NC1=O. The molecule has 2 N–H and O–H groups in total. The quantitative estimate of drug-likeness (QED) is 0.839. The lowest BCUT2D eigenvalue weighted by Crippen LogP contribution is -2.36. The predicted molar refractivity (Wildman–Crippen MR) is 91.3 cm³/mol. The molecule has 1 aromatic carbocycles. The first-order valence-electron chi connectivity index (χ1n) is 8.81. The Kier molecular flexibility index (Phi) is 4.17. The molecule has 2 atom stereocenters. The second-order valence-electron chi connectivity index (χ2n) is 6.69. The molecule has 2 heterocycles. The third-order valence-corrected chi connectivity index (χ3v) is 4.67. The van der Waals surface area contributed by atoms with Crippen molar-refractivity contribution in [1.82, 2.24) is 15.5 Å². The van der Waals surface area contributed by atoms with E-state index in [1.807, 2.05) is 25.1 Å². The van der Waals surface area contributed by atoms with Crippen molar-refractivity contribution in [2.45, 2.75) is 57.7 Å². The molecule has 1 aliphatic heterocycles. The topological polar surface area (TPSA) is 89.3 Å². The maximum Gasteiger partial charge on any atom is 0.265 e. The van der Waals surface area contributed by atoms with Gasteiger partial charge in [-0.15, -0.1) is 0 Å². The molecule has 1 fully saturated rings. The molecule has 0 bridgehead atoms. The van der Waals surface area contributed by atoms with Crippen LogP contribution in [-0.4, -0.2) is 22.2 Å². The molecule has 1 aliphatic carbocycles. The minimum Gasteiger partial charge on any atom is -0.478 e. The fourth-order valence-electron chi connectivity index (χ4n) is 2.90. The van der Waals surface area contributed by atoms with Crippen LogP contribution in [0.15, 0.2) is 22.7 Å². The molecule has 2 aromatic rings. The number of amides is 1. The lowest BCUT2D eigenvalue weighted by Gasteiger charge is -2.26. The van der Waals surface area contributed by atoms with Crippen LogP contribution in [0, 0.1) is 0 Å². The fourth-order valence-corrected chi connectivity index (χ4v) is 2.90. The van der Waals surface area contributed by atoms with Crippen LogP contribution in [0.4, 0.5) is 5.69 Å². The van der Waals surface area contributed by atoms with E-state index in [-0.39, 0.29) is 11.9 Å². The van der Waals surface area contributed by atoms with Crippen LogP contribution in [0.1, 0.15) is 62.3 Å². The number of rotatable bonds is 6. The van der Waals surface area contributed by atoms with Crippen molar-refractivity contribution in [3.05, 3.63) is 35.5 Å². The molecule has 7 heteroatoms. The molecule has 1 saturated carbocycles. The normalized spacial score (nSPS) is 20.6. The number of benzene rings is 1. The summed E-state index contributed by atoms with van der Waals surface area (Å²) < 4.78 is 11.1. The van der Waals surface area contributed by atoms with Gasteiger partial charge in [0.2, 0.25) is 5.89 Å². The largest absolute Gasteiger partial charge is 0.478 e. The van der Waals surface area contributed by atoms with Gasteiger partial charge in [0.25, 0.3) is 5.91 Å². The standard InChI is InChI=1S/C18H22N4O3/c1-3-14-17(23)20-13-7-6-12(8-15(13)24-14)10(2)19-9-16-21-18(25-22-16)11-4-5-11/h6-8,10-11,14,19H,3-5,9H2,1-2H3,(H,20,23)/t10-,14-/m0/s1. The molecular formula is C18H22N4O3. The van der Waals surface area contributed by atoms with E-state index in [4.69, 9.17) is 9.26 Å². The lowest BCUT2D eigenvalue weighted by molar-refractivity contribution is -0.123. The van der Waals surface area contributed by atoms with Gasteiger partial charge in [0.15, 0.2) is 11.9 Å². The Balaban J connectivity index is 1.41. The van der Waals surface area contributed by atoms with Crippen molar-refractivity contribution in [3.63, 3.8) is 0 Å². The molecule has 1 aromatic heterocycles. The van der Waals surface area contributed by atoms with E-state index >= 15 is 0 Å². The van der Waals surface area contributed by atoms with Gasteiger partial charge in [-0.1, -0.05) is 18.1 Å². The van der Waals surface area contributed by atoms with Crippen molar-refractivity contribution in [3.8, 4) is 5.75 Å². The van der Waals surface area contributed by atoms with Gasteiger partial charge in [-0.25, -0.2) is 0 Å². The van der Waals surface area contributed by atoms with Gasteiger partial charge in [0.1, 0.15) is 5.75 Å². The fraction of sp³-hybridized carbons (Fsp3) is 0.500. The molecule has 1 amide bonds. The Bertz CT molecular complexity index is 784. The van der Waals surface area contributed by atoms with Gasteiger partial charge in [-0.3, -0.25) is 4.79 Å². The Labute approximate surface area is 146 Å². The average Bonchev–Trinajstić information content (AvgIpc) is 3.37. The Morgan fingerprint density at radius 3 is 3.00 bits per heavy atom. The Morgan fingerprint density at radius 2 is 2.24 bits per heavy atom. The van der Waals surface area contributed by atoms with Gasteiger partial charge in [0, 0.05) is 12.0 Å². The molecule has 0 unspecified atom stereocenters. The van der Waals surface area contributed by atoms with Gasteiger partial charge < -0.3 is 19.9 Å². The minimum absolute atomic E-state index is 0.0857. The second kappa shape index (κ2) is 6.48. The van der Waals surface area contributed by atoms with E-state index in [0.717, 1.165) is 30.0 Å². The van der Waals surface area contributed by atoms with Crippen molar-refractivity contribution in [2.24, 2.45) is 0 Å². The first-order valence-corrected chi connectivity index (χ1v) is 8.81. The number of hydrogen-bond donors (Lipinski definition) is 2. The summed E-state index contributed by atoms with van der Waals surface area (Å²) in [6.07, 6.45) is 2.52. The Hall–Kier alpha value is -2.41. The number of ether oxygens (including phenoxy) is 1. The molecule has 0 spiro atoms. The van der Waals surface area contributed by atoms with E-state index in [1.165, 1.54) is 0 Å². The molecule has 4 rings (SSSR count). The summed E-state index contributed by atoms with van der Waals surface area (Å²) in [6.45, 7) is 4.55. The highest BCUT2D eigenvalue weighted by atomic mass is 16.5. The van der Waals surface area contributed by atoms with E-state index in [9.17, 15) is 4.79 Å². The van der Waals surface area contributed by atoms with Gasteiger partial charge in [-0.05, 0) is 43.9 Å². The van der Waals surface area contributed by atoms with Crippen molar-refractivity contribution in [1.29, 1.82) is 0 Å². The zero-order chi connectivity index (χ0) is 17.4. The van der Waals surface area contributed by atoms with Crippen LogP contribution >= 0.6 is 0 Å². The molecule has 25 heavy (non-hydrogen) atoms. The first kappa shape index (κ1) is 16.1. The predicted octanol–water partition coefficient (Wildman–Crippen LogP) is 2.91. The Morgan fingerprint density at radius 1 is 1.40 bits per heavy atom. The lowest BCUT2D eigenvalue weighted by atomic mass is 10.1. The maximum absolute atomic E-state index is 11.8. The van der Waals surface area contributed by atoms with Crippen LogP contribution < -0.4 is 15.4 Å². The van der Waals surface area contributed by atoms with E-state index < -0.39 is 6.10 Å². The zero-order valence-electron chi connectivity index (χ0n) is 14.4. The van der Waals surface area contributed by atoms with Gasteiger partial charge >= 0.3 is 0 Å². The average molecular weight is 342 g/mol. The van der Waals surface area contributed by atoms with Crippen molar-refractivity contribution < 1.29 is 14.1 Å². The van der Waals surface area contributed by atoms with Gasteiger partial charge in [0.05, 0.1) is 12.2 Å². The van der Waals surface area contributed by atoms with E-state index in [0.29, 0.717) is 30.5 Å². The highest BCUT2D eigenvalue weighted by molar-refractivity contribution is 5.97. The number of nitrogens with one attached hydrogen (secondary N) is 2. The number of fused-ring (bicyclic) bond motifs is 1. The summed E-state index contributed by atoms with van der Waals surface area (Å²) in [5.74, 6) is 2.54. The monoisotopic (exact) mass is 342 g/mol. The third kappa shape index (κ3) is 3.37. The highest BCUT2D eigenvalue weighted by Crippen LogP contribution is 2.38. The molecular weight excluding hydrogens is 320 g/mol. The van der Waals surface area contributed by atoms with Crippen LogP contribution in [0.2, 0.25) is 0 Å². The van der Waals surface area contributed by atoms with E-state index in [2.05, 4.69) is 27.7 Å². The number of anilines is 1. The number of carbonyl (C=O) groups is 1. The van der Waals surface area contributed by atoms with Crippen LogP contribution in [-0.2, 0) is 11.3 Å². The zero-order valence-corrected chi connectivity index (χ0v) is 14.4. The number of carbonyl (C=O) groups excluding carboxylic acids is 1.